The van der Waals surface area contributed by atoms with Crippen molar-refractivity contribution in [3.05, 3.63) is 48.6 Å². The maximum Gasteiger partial charge on any atom is 0.326 e. The number of esters is 1. The van der Waals surface area contributed by atoms with Crippen molar-refractivity contribution < 1.29 is 24.2 Å². The van der Waals surface area contributed by atoms with Gasteiger partial charge in [-0.15, -0.1) is 0 Å². The quantitative estimate of drug-likeness (QED) is 0.0319. The van der Waals surface area contributed by atoms with Crippen LogP contribution in [0.15, 0.2) is 48.6 Å². The summed E-state index contributed by atoms with van der Waals surface area (Å²) < 4.78 is 6.07. The summed E-state index contributed by atoms with van der Waals surface area (Å²) >= 11 is 0. The first kappa shape index (κ1) is 57.3. The molecule has 0 fully saturated rings. The molecule has 4 N–H and O–H groups in total. The third-order valence-electron chi connectivity index (χ3n) is 11.4. The first-order valence-electron chi connectivity index (χ1n) is 25.5. The SMILES string of the molecule is CCCCC/C=C\C/C=C\CCCCCCCCCCCC(=O)OC(CCCCC/C=C\C/C=C\CCCCCCC)CCCCCCCC(=O)NC(CCCN)C(=O)O. The monoisotopic (exact) mass is 841 g/mol. The minimum atomic E-state index is -1.01. The predicted molar refractivity (Wildman–Crippen MR) is 257 cm³/mol. The van der Waals surface area contributed by atoms with Gasteiger partial charge in [-0.05, 0) is 122 Å². The van der Waals surface area contributed by atoms with E-state index in [0.717, 1.165) is 89.9 Å². The molecule has 0 aromatic carbocycles. The van der Waals surface area contributed by atoms with Crippen molar-refractivity contribution in [2.45, 2.75) is 264 Å². The number of allylic oxidation sites excluding steroid dienone is 8. The largest absolute Gasteiger partial charge is 0.480 e. The maximum atomic E-state index is 12.9. The average Bonchev–Trinajstić information content (AvgIpc) is 3.23. The highest BCUT2D eigenvalue weighted by Gasteiger charge is 2.19. The van der Waals surface area contributed by atoms with Gasteiger partial charge in [-0.2, -0.15) is 0 Å². The minimum absolute atomic E-state index is 0.0138. The van der Waals surface area contributed by atoms with E-state index in [0.29, 0.717) is 32.2 Å². The summed E-state index contributed by atoms with van der Waals surface area (Å²) in [5, 5.41) is 12.0. The van der Waals surface area contributed by atoms with Gasteiger partial charge >= 0.3 is 11.9 Å². The Kier molecular flexibility index (Phi) is 45.3. The second kappa shape index (κ2) is 47.4. The van der Waals surface area contributed by atoms with Gasteiger partial charge in [0.15, 0.2) is 0 Å². The molecule has 60 heavy (non-hydrogen) atoms. The molecule has 2 unspecified atom stereocenters. The number of amides is 1. The van der Waals surface area contributed by atoms with Gasteiger partial charge in [-0.3, -0.25) is 9.59 Å². The third-order valence-corrected chi connectivity index (χ3v) is 11.4. The lowest BCUT2D eigenvalue weighted by molar-refractivity contribution is -0.150. The molecule has 0 aromatic rings. The van der Waals surface area contributed by atoms with E-state index in [-0.39, 0.29) is 18.0 Å². The summed E-state index contributed by atoms with van der Waals surface area (Å²) in [5.74, 6) is -1.25. The molecule has 2 atom stereocenters. The van der Waals surface area contributed by atoms with Gasteiger partial charge in [0, 0.05) is 12.8 Å². The fourth-order valence-electron chi connectivity index (χ4n) is 7.51. The number of rotatable bonds is 46. The van der Waals surface area contributed by atoms with Gasteiger partial charge in [-0.25, -0.2) is 4.79 Å². The highest BCUT2D eigenvalue weighted by Crippen LogP contribution is 2.19. The first-order chi connectivity index (χ1) is 29.4. The number of aliphatic carboxylic acids is 1. The number of carboxylic acid groups (broad SMARTS) is 1. The van der Waals surface area contributed by atoms with Gasteiger partial charge in [0.25, 0.3) is 0 Å². The lowest BCUT2D eigenvalue weighted by Crippen LogP contribution is -2.40. The average molecular weight is 841 g/mol. The van der Waals surface area contributed by atoms with Crippen molar-refractivity contribution in [2.24, 2.45) is 5.73 Å². The van der Waals surface area contributed by atoms with Crippen LogP contribution >= 0.6 is 0 Å². The van der Waals surface area contributed by atoms with E-state index in [1.165, 1.54) is 122 Å². The van der Waals surface area contributed by atoms with Crippen molar-refractivity contribution in [3.8, 4) is 0 Å². The van der Waals surface area contributed by atoms with Gasteiger partial charge < -0.3 is 20.9 Å². The number of nitrogens with one attached hydrogen (secondary N) is 1. The molecule has 0 aliphatic carbocycles. The Hall–Kier alpha value is -2.67. The van der Waals surface area contributed by atoms with Crippen molar-refractivity contribution in [2.75, 3.05) is 6.54 Å². The maximum absolute atomic E-state index is 12.9. The van der Waals surface area contributed by atoms with Crippen molar-refractivity contribution in [1.82, 2.24) is 5.32 Å². The molecule has 0 radical (unpaired) electrons. The molecule has 0 aliphatic rings. The second-order valence-corrected chi connectivity index (χ2v) is 17.2. The van der Waals surface area contributed by atoms with Gasteiger partial charge in [0.1, 0.15) is 12.1 Å². The highest BCUT2D eigenvalue weighted by molar-refractivity contribution is 5.83. The number of hydrogen-bond donors (Lipinski definition) is 3. The zero-order valence-corrected chi connectivity index (χ0v) is 39.3. The fraction of sp³-hybridized carbons (Fsp3) is 0.792. The fourth-order valence-corrected chi connectivity index (χ4v) is 7.51. The van der Waals surface area contributed by atoms with Crippen LogP contribution < -0.4 is 11.1 Å². The van der Waals surface area contributed by atoms with E-state index in [1.807, 2.05) is 0 Å². The standard InChI is InChI=1S/C53H96N2O5/c1-3-5-7-9-11-13-15-17-19-20-21-22-24-26-28-30-32-37-41-47-52(57)60-49(43-38-34-31-29-27-25-23-18-16-14-12-10-8-6-4-2)44-39-35-33-36-40-46-51(56)55-50(53(58)59)45-42-48-54/h11,13,16-19,25,27,49-50H,3-10,12,14-15,20-24,26,28-48,54H2,1-2H3,(H,55,56)(H,58,59)/b13-11-,18-16-,19-17-,27-25-. The Balaban J connectivity index is 4.34. The molecule has 7 nitrogen and oxygen atoms in total. The molecule has 0 bridgehead atoms. The van der Waals surface area contributed by atoms with E-state index in [9.17, 15) is 19.5 Å². The van der Waals surface area contributed by atoms with E-state index in [1.54, 1.807) is 0 Å². The molecule has 0 saturated carbocycles. The van der Waals surface area contributed by atoms with E-state index in [4.69, 9.17) is 10.5 Å². The summed E-state index contributed by atoms with van der Waals surface area (Å²) in [7, 11) is 0. The molecule has 0 spiro atoms. The number of carbonyl (C=O) groups excluding carboxylic acids is 2. The molecule has 0 heterocycles. The molecule has 348 valence electrons. The molecule has 0 saturated heterocycles. The van der Waals surface area contributed by atoms with Crippen molar-refractivity contribution in [1.29, 1.82) is 0 Å². The molecule has 0 aliphatic heterocycles. The van der Waals surface area contributed by atoms with Crippen LogP contribution in [0.4, 0.5) is 0 Å². The van der Waals surface area contributed by atoms with Crippen LogP contribution in [-0.4, -0.2) is 41.6 Å². The van der Waals surface area contributed by atoms with Crippen LogP contribution in [0, 0.1) is 0 Å². The summed E-state index contributed by atoms with van der Waals surface area (Å²) in [6.45, 7) is 4.92. The van der Waals surface area contributed by atoms with Crippen molar-refractivity contribution in [3.63, 3.8) is 0 Å². The highest BCUT2D eigenvalue weighted by atomic mass is 16.5. The smallest absolute Gasteiger partial charge is 0.326 e. The molecule has 0 rings (SSSR count). The molecule has 0 aromatic heterocycles. The van der Waals surface area contributed by atoms with E-state index >= 15 is 0 Å². The molecular weight excluding hydrogens is 745 g/mol. The Bertz CT molecular complexity index is 1080. The summed E-state index contributed by atoms with van der Waals surface area (Å²) in [5.41, 5.74) is 5.50. The topological polar surface area (TPSA) is 119 Å². The predicted octanol–water partition coefficient (Wildman–Crippen LogP) is 15.1. The number of ether oxygens (including phenoxy) is 1. The molecule has 1 amide bonds. The zero-order valence-electron chi connectivity index (χ0n) is 39.3. The van der Waals surface area contributed by atoms with Crippen LogP contribution in [0.5, 0.6) is 0 Å². The number of hydrogen-bond acceptors (Lipinski definition) is 5. The van der Waals surface area contributed by atoms with Crippen LogP contribution in [0.1, 0.15) is 251 Å². The normalized spacial score (nSPS) is 13.0. The van der Waals surface area contributed by atoms with Crippen LogP contribution in [0.2, 0.25) is 0 Å². The zero-order chi connectivity index (χ0) is 43.8. The number of carbonyl (C=O) groups is 3. The molecular formula is C53H96N2O5. The summed E-state index contributed by atoms with van der Waals surface area (Å²) in [4.78, 5) is 36.6. The lowest BCUT2D eigenvalue weighted by Gasteiger charge is -2.18. The molecule has 7 heteroatoms. The van der Waals surface area contributed by atoms with Gasteiger partial charge in [-0.1, -0.05) is 172 Å². The van der Waals surface area contributed by atoms with Crippen molar-refractivity contribution >= 4 is 17.8 Å². The Labute approximate surface area is 370 Å². The number of nitrogens with two attached hydrogens (primary N) is 1. The van der Waals surface area contributed by atoms with Gasteiger partial charge in [0.2, 0.25) is 5.91 Å². The Morgan fingerprint density at radius 1 is 0.483 bits per heavy atom. The number of carboxylic acids is 1. The first-order valence-corrected chi connectivity index (χ1v) is 25.5. The van der Waals surface area contributed by atoms with Crippen LogP contribution in [0.25, 0.3) is 0 Å². The van der Waals surface area contributed by atoms with E-state index < -0.39 is 12.0 Å². The second-order valence-electron chi connectivity index (χ2n) is 17.2. The summed E-state index contributed by atoms with van der Waals surface area (Å²) in [6, 6.07) is -0.861. The van der Waals surface area contributed by atoms with Gasteiger partial charge in [0.05, 0.1) is 0 Å². The Morgan fingerprint density at radius 3 is 1.33 bits per heavy atom. The van der Waals surface area contributed by atoms with Crippen LogP contribution in [-0.2, 0) is 19.1 Å². The van der Waals surface area contributed by atoms with E-state index in [2.05, 4.69) is 67.8 Å². The number of unbranched alkanes of at least 4 members (excludes halogenated alkanes) is 24. The minimum Gasteiger partial charge on any atom is -0.480 e. The Morgan fingerprint density at radius 2 is 0.867 bits per heavy atom. The lowest BCUT2D eigenvalue weighted by atomic mass is 10.0. The van der Waals surface area contributed by atoms with Crippen LogP contribution in [0.3, 0.4) is 0 Å². The summed E-state index contributed by atoms with van der Waals surface area (Å²) in [6.07, 6.45) is 58.8. The third kappa shape index (κ3) is 43.4.